The Hall–Kier alpha value is -2.77. The number of hydrogen-bond acceptors (Lipinski definition) is 6. The molecule has 4 rings (SSSR count). The number of halogens is 3. The lowest BCUT2D eigenvalue weighted by Crippen LogP contribution is -2.34. The molecule has 0 aromatic carbocycles. The molecule has 4 heterocycles. The maximum absolute atomic E-state index is 13.3. The van der Waals surface area contributed by atoms with Gasteiger partial charge in [0.15, 0.2) is 5.69 Å². The zero-order valence-electron chi connectivity index (χ0n) is 15.1. The van der Waals surface area contributed by atoms with Gasteiger partial charge >= 0.3 is 6.18 Å². The summed E-state index contributed by atoms with van der Waals surface area (Å²) < 4.78 is 52.2. The van der Waals surface area contributed by atoms with Crippen molar-refractivity contribution in [2.24, 2.45) is 0 Å². The molecule has 0 aliphatic carbocycles. The van der Waals surface area contributed by atoms with Crippen LogP contribution in [-0.2, 0) is 26.9 Å². The van der Waals surface area contributed by atoms with Crippen LogP contribution < -0.4 is 0 Å². The van der Waals surface area contributed by atoms with Crippen molar-refractivity contribution in [3.63, 3.8) is 0 Å². The Bertz CT molecular complexity index is 1040. The molecule has 2 aliphatic rings. The lowest BCUT2D eigenvalue weighted by molar-refractivity contribution is -0.138. The van der Waals surface area contributed by atoms with Gasteiger partial charge < -0.3 is 19.7 Å². The first kappa shape index (κ1) is 18.6. The molecule has 7 nitrogen and oxygen atoms in total. The zero-order valence-corrected chi connectivity index (χ0v) is 15.1. The molecule has 0 spiro atoms. The maximum Gasteiger partial charge on any atom is 0.419 e. The van der Waals surface area contributed by atoms with Crippen LogP contribution in [0.25, 0.3) is 5.69 Å². The van der Waals surface area contributed by atoms with Crippen LogP contribution in [0.3, 0.4) is 0 Å². The zero-order chi connectivity index (χ0) is 20.6. The second-order valence-corrected chi connectivity index (χ2v) is 7.30. The van der Waals surface area contributed by atoms with Gasteiger partial charge in [-0.2, -0.15) is 18.4 Å². The topological polar surface area (TPSA) is 101 Å². The molecule has 0 saturated carbocycles. The highest BCUT2D eigenvalue weighted by Gasteiger charge is 2.65. The summed E-state index contributed by atoms with van der Waals surface area (Å²) in [4.78, 5) is 3.54. The molecular formula is C18H16F3N3O4. The van der Waals surface area contributed by atoms with Crippen molar-refractivity contribution in [2.75, 3.05) is 7.11 Å². The predicted molar refractivity (Wildman–Crippen MR) is 87.8 cm³/mol. The van der Waals surface area contributed by atoms with E-state index in [9.17, 15) is 23.4 Å². The molecule has 2 aromatic rings. The van der Waals surface area contributed by atoms with Crippen molar-refractivity contribution >= 4 is 0 Å². The van der Waals surface area contributed by atoms with Crippen molar-refractivity contribution in [1.29, 1.82) is 5.26 Å². The molecule has 3 atom stereocenters. The number of nitriles is 1. The van der Waals surface area contributed by atoms with Crippen molar-refractivity contribution in [3.8, 4) is 23.5 Å². The molecule has 0 unspecified atom stereocenters. The predicted octanol–water partition coefficient (Wildman–Crippen LogP) is 3.05. The lowest BCUT2D eigenvalue weighted by Gasteiger charge is -2.28. The fourth-order valence-electron chi connectivity index (χ4n) is 4.44. The van der Waals surface area contributed by atoms with E-state index >= 15 is 0 Å². The molecule has 2 aliphatic heterocycles. The van der Waals surface area contributed by atoms with E-state index in [1.54, 1.807) is 13.8 Å². The summed E-state index contributed by atoms with van der Waals surface area (Å²) in [7, 11) is 1.50. The summed E-state index contributed by atoms with van der Waals surface area (Å²) in [6.07, 6.45) is -3.83. The number of nitrogens with zero attached hydrogens (tertiary/aromatic N) is 3. The average molecular weight is 395 g/mol. The number of rotatable bonds is 2. The summed E-state index contributed by atoms with van der Waals surface area (Å²) in [5.74, 6) is -0.895. The van der Waals surface area contributed by atoms with E-state index < -0.39 is 46.5 Å². The standard InChI is InChI=1S/C18H16F3N3O4/c1-16-5-11(27-3)17(2,28-16)13-12(16)14(25)24(15(13)26)8-4-9(18(19,20)21)10(6-22)23-7-8/h4,7,11,25-26H,5H2,1-3H3/t11-,16-,17+/m0/s1. The monoisotopic (exact) mass is 395 g/mol. The van der Waals surface area contributed by atoms with E-state index in [0.717, 1.165) is 10.8 Å². The fraction of sp³-hybridized carbons (Fsp3) is 0.444. The second-order valence-electron chi connectivity index (χ2n) is 7.30. The van der Waals surface area contributed by atoms with Crippen LogP contribution in [0.15, 0.2) is 12.3 Å². The average Bonchev–Trinajstić information content (AvgIpc) is 3.14. The van der Waals surface area contributed by atoms with Gasteiger partial charge in [-0.1, -0.05) is 0 Å². The van der Waals surface area contributed by atoms with E-state index in [-0.39, 0.29) is 11.3 Å². The Morgan fingerprint density at radius 1 is 1.32 bits per heavy atom. The number of aromatic hydroxyl groups is 2. The quantitative estimate of drug-likeness (QED) is 0.811. The first-order valence-electron chi connectivity index (χ1n) is 8.36. The van der Waals surface area contributed by atoms with Crippen molar-refractivity contribution in [1.82, 2.24) is 9.55 Å². The highest BCUT2D eigenvalue weighted by Crippen LogP contribution is 2.64. The SMILES string of the molecule is CO[C@H]1C[C@]2(C)O[C@@]1(C)c1c2c(O)n(-c2cnc(C#N)c(C(F)(F)F)c2)c1O. The number of pyridine rings is 1. The van der Waals surface area contributed by atoms with E-state index in [0.29, 0.717) is 18.1 Å². The Morgan fingerprint density at radius 3 is 2.54 bits per heavy atom. The number of hydrogen-bond donors (Lipinski definition) is 2. The number of methoxy groups -OCH3 is 1. The minimum atomic E-state index is -4.82. The summed E-state index contributed by atoms with van der Waals surface area (Å²) >= 11 is 0. The van der Waals surface area contributed by atoms with Crippen LogP contribution in [-0.4, -0.2) is 33.0 Å². The van der Waals surface area contributed by atoms with E-state index in [1.807, 2.05) is 0 Å². The molecule has 2 aromatic heterocycles. The van der Waals surface area contributed by atoms with Crippen LogP contribution in [0.1, 0.15) is 42.7 Å². The van der Waals surface area contributed by atoms with Crippen molar-refractivity contribution in [3.05, 3.63) is 34.6 Å². The molecule has 1 saturated heterocycles. The third kappa shape index (κ3) is 2.14. The van der Waals surface area contributed by atoms with Crippen molar-refractivity contribution in [2.45, 2.75) is 43.8 Å². The Balaban J connectivity index is 1.96. The van der Waals surface area contributed by atoms with Gasteiger partial charge in [0.25, 0.3) is 0 Å². The van der Waals surface area contributed by atoms with Gasteiger partial charge in [0.1, 0.15) is 11.7 Å². The van der Waals surface area contributed by atoms with Crippen LogP contribution in [0.5, 0.6) is 11.8 Å². The van der Waals surface area contributed by atoms with E-state index in [4.69, 9.17) is 14.7 Å². The molecule has 10 heteroatoms. The van der Waals surface area contributed by atoms with Gasteiger partial charge in [-0.3, -0.25) is 0 Å². The minimum absolute atomic E-state index is 0.226. The third-order valence-electron chi connectivity index (χ3n) is 5.60. The Labute approximate surface area is 157 Å². The summed E-state index contributed by atoms with van der Waals surface area (Å²) in [6.45, 7) is 3.41. The highest BCUT2D eigenvalue weighted by molar-refractivity contribution is 5.61. The summed E-state index contributed by atoms with van der Waals surface area (Å²) in [6, 6.07) is 2.06. The number of aromatic nitrogens is 2. The Kier molecular flexibility index (Phi) is 3.58. The molecule has 2 N–H and O–H groups in total. The highest BCUT2D eigenvalue weighted by atomic mass is 19.4. The molecule has 0 radical (unpaired) electrons. The molecule has 1 fully saturated rings. The van der Waals surface area contributed by atoms with Gasteiger partial charge in [0.05, 0.1) is 40.3 Å². The fourth-order valence-corrected chi connectivity index (χ4v) is 4.44. The molecule has 0 amide bonds. The van der Waals surface area contributed by atoms with Gasteiger partial charge in [0, 0.05) is 13.5 Å². The van der Waals surface area contributed by atoms with E-state index in [1.165, 1.54) is 13.2 Å². The van der Waals surface area contributed by atoms with Crippen molar-refractivity contribution < 1.29 is 32.9 Å². The second kappa shape index (κ2) is 5.40. The molecule has 2 bridgehead atoms. The normalized spacial score (nSPS) is 28.4. The van der Waals surface area contributed by atoms with Crippen LogP contribution in [0.2, 0.25) is 0 Å². The number of alkyl halides is 3. The molecule has 148 valence electrons. The maximum atomic E-state index is 13.3. The van der Waals surface area contributed by atoms with Crippen LogP contribution in [0, 0.1) is 11.3 Å². The summed E-state index contributed by atoms with van der Waals surface area (Å²) in [5, 5.41) is 30.5. The minimum Gasteiger partial charge on any atom is -0.494 e. The number of fused-ring (bicyclic) bond motifs is 5. The lowest BCUT2D eigenvalue weighted by atomic mass is 9.78. The number of ether oxygens (including phenoxy) is 2. The summed E-state index contributed by atoms with van der Waals surface area (Å²) in [5.41, 5.74) is -3.75. The van der Waals surface area contributed by atoms with Gasteiger partial charge in [-0.15, -0.1) is 0 Å². The van der Waals surface area contributed by atoms with Gasteiger partial charge in [0.2, 0.25) is 11.8 Å². The molecule has 28 heavy (non-hydrogen) atoms. The van der Waals surface area contributed by atoms with Gasteiger partial charge in [-0.25, -0.2) is 9.55 Å². The smallest absolute Gasteiger partial charge is 0.419 e. The third-order valence-corrected chi connectivity index (χ3v) is 5.60. The first-order valence-corrected chi connectivity index (χ1v) is 8.36. The molecular weight excluding hydrogens is 379 g/mol. The largest absolute Gasteiger partial charge is 0.494 e. The van der Waals surface area contributed by atoms with Crippen LogP contribution >= 0.6 is 0 Å². The van der Waals surface area contributed by atoms with Gasteiger partial charge in [-0.05, 0) is 19.9 Å². The van der Waals surface area contributed by atoms with E-state index in [2.05, 4.69) is 4.98 Å². The first-order chi connectivity index (χ1) is 13.0. The Morgan fingerprint density at radius 2 is 1.96 bits per heavy atom. The van der Waals surface area contributed by atoms with Crippen LogP contribution in [0.4, 0.5) is 13.2 Å².